The fraction of sp³-hybridized carbons (Fsp3) is 0.600. The lowest BCUT2D eigenvalue weighted by molar-refractivity contribution is 0.526. The van der Waals surface area contributed by atoms with E-state index in [4.69, 9.17) is 0 Å². The predicted molar refractivity (Wildman–Crippen MR) is 69.7 cm³/mol. The zero-order chi connectivity index (χ0) is 13.2. The summed E-state index contributed by atoms with van der Waals surface area (Å²) < 4.78 is 26.6. The van der Waals surface area contributed by atoms with E-state index in [0.717, 1.165) is 36.1 Å². The third kappa shape index (κ3) is 2.88. The molecule has 0 atom stereocenters. The summed E-state index contributed by atoms with van der Waals surface area (Å²) in [6, 6.07) is 3.41. The fourth-order valence-electron chi connectivity index (χ4n) is 1.72. The molecule has 1 saturated heterocycles. The van der Waals surface area contributed by atoms with Crippen molar-refractivity contribution in [1.82, 2.24) is 14.5 Å². The molecule has 1 N–H and O–H groups in total. The molecule has 1 fully saturated rings. The molecule has 0 spiro atoms. The molecule has 2 rings (SSSR count). The zero-order valence-electron chi connectivity index (χ0n) is 10.5. The molecular weight excluding hydrogens is 254 g/mol. The van der Waals surface area contributed by atoms with Crippen molar-refractivity contribution in [3.05, 3.63) is 12.1 Å². The highest BCUT2D eigenvalue weighted by atomic mass is 32.2. The average Bonchev–Trinajstić information content (AvgIpc) is 2.83. The number of nitrogens with one attached hydrogen (secondary N) is 1. The summed E-state index contributed by atoms with van der Waals surface area (Å²) in [5.74, 6) is 1.02. The highest BCUT2D eigenvalue weighted by molar-refractivity contribution is 7.90. The van der Waals surface area contributed by atoms with Crippen molar-refractivity contribution in [2.75, 3.05) is 36.8 Å². The quantitative estimate of drug-likeness (QED) is 0.852. The molecule has 0 radical (unpaired) electrons. The van der Waals surface area contributed by atoms with E-state index in [9.17, 15) is 8.42 Å². The lowest BCUT2D eigenvalue weighted by Gasteiger charge is -2.16. The summed E-state index contributed by atoms with van der Waals surface area (Å²) in [5, 5.41) is 7.92. The average molecular weight is 271 g/mol. The molecule has 1 aliphatic rings. The van der Waals surface area contributed by atoms with Crippen LogP contribution in [-0.2, 0) is 10.2 Å². The second kappa shape index (κ2) is 5.07. The van der Waals surface area contributed by atoms with Gasteiger partial charge in [0, 0.05) is 27.2 Å². The Bertz CT molecular complexity index is 494. The van der Waals surface area contributed by atoms with Crippen LogP contribution in [0.3, 0.4) is 0 Å². The van der Waals surface area contributed by atoms with Gasteiger partial charge in [-0.25, -0.2) is 0 Å². The van der Waals surface area contributed by atoms with Crippen LogP contribution in [0.4, 0.5) is 11.6 Å². The maximum Gasteiger partial charge on any atom is 0.302 e. The molecule has 0 unspecified atom stereocenters. The molecule has 1 aromatic rings. The maximum atomic E-state index is 11.6. The molecule has 0 aromatic carbocycles. The second-order valence-corrected chi connectivity index (χ2v) is 6.24. The molecule has 2 heterocycles. The number of nitrogens with zero attached hydrogens (tertiary/aromatic N) is 4. The van der Waals surface area contributed by atoms with Gasteiger partial charge in [0.15, 0.2) is 11.6 Å². The van der Waals surface area contributed by atoms with E-state index < -0.39 is 10.2 Å². The molecule has 1 aliphatic heterocycles. The first-order valence-electron chi connectivity index (χ1n) is 5.78. The van der Waals surface area contributed by atoms with Gasteiger partial charge in [-0.1, -0.05) is 0 Å². The third-order valence-electron chi connectivity index (χ3n) is 2.79. The minimum atomic E-state index is -3.52. The van der Waals surface area contributed by atoms with Gasteiger partial charge in [0.1, 0.15) is 0 Å². The molecule has 18 heavy (non-hydrogen) atoms. The van der Waals surface area contributed by atoms with Gasteiger partial charge in [-0.05, 0) is 25.0 Å². The topological polar surface area (TPSA) is 78.4 Å². The highest BCUT2D eigenvalue weighted by Crippen LogP contribution is 2.17. The van der Waals surface area contributed by atoms with Gasteiger partial charge >= 0.3 is 10.2 Å². The van der Waals surface area contributed by atoms with Crippen LogP contribution >= 0.6 is 0 Å². The van der Waals surface area contributed by atoms with Crippen LogP contribution in [0.2, 0.25) is 0 Å². The van der Waals surface area contributed by atoms with Gasteiger partial charge in [-0.3, -0.25) is 4.72 Å². The molecule has 0 bridgehead atoms. The highest BCUT2D eigenvalue weighted by Gasteiger charge is 2.16. The summed E-state index contributed by atoms with van der Waals surface area (Å²) in [6.07, 6.45) is 2.33. The summed E-state index contributed by atoms with van der Waals surface area (Å²) in [7, 11) is -0.610. The Labute approximate surface area is 107 Å². The molecule has 0 amide bonds. The monoisotopic (exact) mass is 271 g/mol. The Morgan fingerprint density at radius 1 is 1.22 bits per heavy atom. The van der Waals surface area contributed by atoms with Crippen molar-refractivity contribution in [1.29, 1.82) is 0 Å². The predicted octanol–water partition coefficient (Wildman–Crippen LogP) is 0.295. The fourth-order valence-corrected chi connectivity index (χ4v) is 2.27. The lowest BCUT2D eigenvalue weighted by atomic mass is 10.4. The number of anilines is 2. The molecule has 0 saturated carbocycles. The van der Waals surface area contributed by atoms with E-state index in [0.29, 0.717) is 0 Å². The van der Waals surface area contributed by atoms with Crippen molar-refractivity contribution in [2.45, 2.75) is 12.8 Å². The Balaban J connectivity index is 2.08. The summed E-state index contributed by atoms with van der Waals surface area (Å²) in [6.45, 7) is 1.97. The van der Waals surface area contributed by atoms with E-state index in [-0.39, 0.29) is 5.82 Å². The molecule has 1 aromatic heterocycles. The van der Waals surface area contributed by atoms with Crippen LogP contribution in [0.1, 0.15) is 12.8 Å². The minimum Gasteiger partial charge on any atom is -0.355 e. The first-order valence-corrected chi connectivity index (χ1v) is 7.22. The maximum absolute atomic E-state index is 11.6. The Morgan fingerprint density at radius 2 is 1.89 bits per heavy atom. The van der Waals surface area contributed by atoms with Crippen molar-refractivity contribution < 1.29 is 8.42 Å². The zero-order valence-corrected chi connectivity index (χ0v) is 11.3. The van der Waals surface area contributed by atoms with Crippen LogP contribution in [0, 0.1) is 0 Å². The summed E-state index contributed by atoms with van der Waals surface area (Å²) >= 11 is 0. The summed E-state index contributed by atoms with van der Waals surface area (Å²) in [5.41, 5.74) is 0. The largest absolute Gasteiger partial charge is 0.355 e. The van der Waals surface area contributed by atoms with Crippen LogP contribution in [0.25, 0.3) is 0 Å². The smallest absolute Gasteiger partial charge is 0.302 e. The first-order chi connectivity index (χ1) is 8.49. The van der Waals surface area contributed by atoms with E-state index in [2.05, 4.69) is 19.8 Å². The normalized spacial score (nSPS) is 16.3. The van der Waals surface area contributed by atoms with E-state index in [1.54, 1.807) is 12.1 Å². The van der Waals surface area contributed by atoms with Crippen LogP contribution in [0.15, 0.2) is 12.1 Å². The summed E-state index contributed by atoms with van der Waals surface area (Å²) in [4.78, 5) is 2.14. The molecule has 100 valence electrons. The van der Waals surface area contributed by atoms with Crippen molar-refractivity contribution >= 4 is 21.8 Å². The Kier molecular flexibility index (Phi) is 3.67. The van der Waals surface area contributed by atoms with E-state index >= 15 is 0 Å². The lowest BCUT2D eigenvalue weighted by Crippen LogP contribution is -2.29. The molecule has 8 heteroatoms. The number of rotatable bonds is 4. The van der Waals surface area contributed by atoms with Crippen molar-refractivity contribution in [3.63, 3.8) is 0 Å². The minimum absolute atomic E-state index is 0.228. The van der Waals surface area contributed by atoms with Crippen LogP contribution in [0.5, 0.6) is 0 Å². The van der Waals surface area contributed by atoms with Gasteiger partial charge in [-0.15, -0.1) is 10.2 Å². The van der Waals surface area contributed by atoms with E-state index in [1.165, 1.54) is 14.1 Å². The molecular formula is C10H17N5O2S. The number of aromatic nitrogens is 2. The Morgan fingerprint density at radius 3 is 2.39 bits per heavy atom. The van der Waals surface area contributed by atoms with Crippen LogP contribution in [-0.4, -0.2) is 50.1 Å². The molecule has 0 aliphatic carbocycles. The van der Waals surface area contributed by atoms with Crippen molar-refractivity contribution in [3.8, 4) is 0 Å². The number of hydrogen-bond donors (Lipinski definition) is 1. The van der Waals surface area contributed by atoms with Gasteiger partial charge in [0.2, 0.25) is 0 Å². The van der Waals surface area contributed by atoms with Crippen molar-refractivity contribution in [2.24, 2.45) is 0 Å². The van der Waals surface area contributed by atoms with Crippen LogP contribution < -0.4 is 9.62 Å². The molecule has 7 nitrogen and oxygen atoms in total. The first kappa shape index (κ1) is 13.0. The SMILES string of the molecule is CN(C)S(=O)(=O)Nc1ccc(N2CCCC2)nn1. The second-order valence-electron chi connectivity index (χ2n) is 4.36. The van der Waals surface area contributed by atoms with Gasteiger partial charge in [0.25, 0.3) is 0 Å². The van der Waals surface area contributed by atoms with Gasteiger partial charge in [-0.2, -0.15) is 12.7 Å². The number of hydrogen-bond acceptors (Lipinski definition) is 5. The third-order valence-corrected chi connectivity index (χ3v) is 4.22. The van der Waals surface area contributed by atoms with E-state index in [1.807, 2.05) is 0 Å². The standard InChI is InChI=1S/C10H17N5O2S/c1-14(2)18(16,17)13-9-5-6-10(12-11-9)15-7-3-4-8-15/h5-6H,3-4,7-8H2,1-2H3,(H,11,13). The Hall–Kier alpha value is -1.41. The van der Waals surface area contributed by atoms with Gasteiger partial charge in [0.05, 0.1) is 0 Å². The van der Waals surface area contributed by atoms with Gasteiger partial charge < -0.3 is 4.90 Å².